The second-order valence-electron chi connectivity index (χ2n) is 6.64. The van der Waals surface area contributed by atoms with E-state index in [2.05, 4.69) is 5.32 Å². The number of nitrogens with zero attached hydrogens (tertiary/aromatic N) is 1. The van der Waals surface area contributed by atoms with Crippen molar-refractivity contribution in [1.82, 2.24) is 0 Å². The van der Waals surface area contributed by atoms with E-state index in [-0.39, 0.29) is 25.0 Å². The van der Waals surface area contributed by atoms with Gasteiger partial charge in [-0.15, -0.1) is 0 Å². The number of carbonyl (C=O) groups excluding carboxylic acids is 1. The summed E-state index contributed by atoms with van der Waals surface area (Å²) in [5.74, 6) is 0.216. The van der Waals surface area contributed by atoms with E-state index in [9.17, 15) is 13.2 Å². The van der Waals surface area contributed by atoms with Crippen molar-refractivity contribution < 1.29 is 17.9 Å². The predicted octanol–water partition coefficient (Wildman–Crippen LogP) is 3.58. The van der Waals surface area contributed by atoms with E-state index in [1.807, 2.05) is 39.0 Å². The van der Waals surface area contributed by atoms with E-state index >= 15 is 0 Å². The number of nitrogens with one attached hydrogen (secondary N) is 1. The summed E-state index contributed by atoms with van der Waals surface area (Å²) in [6, 6.07) is 14.4. The van der Waals surface area contributed by atoms with Crippen molar-refractivity contribution in [2.24, 2.45) is 0 Å². The highest BCUT2D eigenvalue weighted by Gasteiger charge is 2.22. The van der Waals surface area contributed by atoms with E-state index in [0.717, 1.165) is 11.8 Å². The lowest BCUT2D eigenvalue weighted by Crippen LogP contribution is -2.33. The number of aryl methyl sites for hydroxylation is 1. The molecule has 6 nitrogen and oxygen atoms in total. The molecule has 7 heteroatoms. The van der Waals surface area contributed by atoms with E-state index in [0.29, 0.717) is 17.1 Å². The Morgan fingerprint density at radius 1 is 1.15 bits per heavy atom. The molecule has 0 bridgehead atoms. The van der Waals surface area contributed by atoms with Crippen LogP contribution in [0.3, 0.4) is 0 Å². The third-order valence-corrected chi connectivity index (χ3v) is 4.92. The maximum absolute atomic E-state index is 12.3. The lowest BCUT2D eigenvalue weighted by Gasteiger charge is -2.25. The first kappa shape index (κ1) is 20.8. The van der Waals surface area contributed by atoms with Gasteiger partial charge < -0.3 is 10.1 Å². The van der Waals surface area contributed by atoms with Crippen molar-refractivity contribution in [2.45, 2.75) is 33.3 Å². The molecule has 27 heavy (non-hydrogen) atoms. The zero-order valence-corrected chi connectivity index (χ0v) is 16.9. The van der Waals surface area contributed by atoms with Crippen LogP contribution in [0.15, 0.2) is 48.5 Å². The second kappa shape index (κ2) is 8.90. The Morgan fingerprint density at radius 2 is 1.85 bits per heavy atom. The largest absolute Gasteiger partial charge is 0.489 e. The predicted molar refractivity (Wildman–Crippen MR) is 109 cm³/mol. The van der Waals surface area contributed by atoms with Crippen molar-refractivity contribution in [1.29, 1.82) is 0 Å². The summed E-state index contributed by atoms with van der Waals surface area (Å²) in [6.45, 7) is 5.70. The fourth-order valence-electron chi connectivity index (χ4n) is 2.63. The number of ether oxygens (including phenoxy) is 1. The van der Waals surface area contributed by atoms with Crippen molar-refractivity contribution >= 4 is 27.3 Å². The minimum atomic E-state index is -3.58. The maximum atomic E-state index is 12.3. The quantitative estimate of drug-likeness (QED) is 0.748. The molecule has 0 aromatic heterocycles. The van der Waals surface area contributed by atoms with Crippen molar-refractivity contribution in [3.63, 3.8) is 0 Å². The summed E-state index contributed by atoms with van der Waals surface area (Å²) in [5.41, 5.74) is 2.15. The smallest absolute Gasteiger partial charge is 0.232 e. The molecule has 0 aliphatic heterocycles. The minimum Gasteiger partial charge on any atom is -0.489 e. The molecular weight excluding hydrogens is 364 g/mol. The van der Waals surface area contributed by atoms with Gasteiger partial charge in [0.25, 0.3) is 0 Å². The number of carbonyl (C=O) groups is 1. The average molecular weight is 391 g/mol. The molecule has 0 spiro atoms. The number of rotatable bonds is 8. The molecule has 0 heterocycles. The topological polar surface area (TPSA) is 75.7 Å². The highest BCUT2D eigenvalue weighted by atomic mass is 32.2. The van der Waals surface area contributed by atoms with Gasteiger partial charge in [0.2, 0.25) is 15.9 Å². The Balaban J connectivity index is 2.16. The molecule has 0 atom stereocenters. The van der Waals surface area contributed by atoms with Crippen LogP contribution in [0.25, 0.3) is 0 Å². The summed E-state index contributed by atoms with van der Waals surface area (Å²) in [6.07, 6.45) is 1.05. The summed E-state index contributed by atoms with van der Waals surface area (Å²) >= 11 is 0. The monoisotopic (exact) mass is 390 g/mol. The summed E-state index contributed by atoms with van der Waals surface area (Å²) in [5, 5.41) is 2.80. The molecule has 0 radical (unpaired) electrons. The van der Waals surface area contributed by atoms with Gasteiger partial charge in [-0.2, -0.15) is 0 Å². The Bertz CT molecular complexity index is 894. The lowest BCUT2D eigenvalue weighted by molar-refractivity contribution is -0.116. The maximum Gasteiger partial charge on any atom is 0.232 e. The first-order valence-electron chi connectivity index (χ1n) is 8.76. The number of amides is 1. The third kappa shape index (κ3) is 6.29. The molecule has 146 valence electrons. The number of para-hydroxylation sites is 2. The van der Waals surface area contributed by atoms with E-state index in [1.54, 1.807) is 30.3 Å². The standard InChI is InChI=1S/C20H26N2O4S/c1-15(2)26-19-11-6-5-10-18(19)22(27(4,24)25)13-12-20(23)21-17-9-7-8-16(3)14-17/h5-11,14-15H,12-13H2,1-4H3,(H,21,23). The van der Waals surface area contributed by atoms with E-state index in [4.69, 9.17) is 4.74 Å². The van der Waals surface area contributed by atoms with Gasteiger partial charge in [0, 0.05) is 18.7 Å². The van der Waals surface area contributed by atoms with Gasteiger partial charge in [-0.3, -0.25) is 9.10 Å². The van der Waals surface area contributed by atoms with Gasteiger partial charge >= 0.3 is 0 Å². The minimum absolute atomic E-state index is 0.0228. The fraction of sp³-hybridized carbons (Fsp3) is 0.350. The summed E-state index contributed by atoms with van der Waals surface area (Å²) in [7, 11) is -3.58. The van der Waals surface area contributed by atoms with Crippen LogP contribution in [0.1, 0.15) is 25.8 Å². The van der Waals surface area contributed by atoms with Gasteiger partial charge in [-0.1, -0.05) is 24.3 Å². The Hall–Kier alpha value is -2.54. The average Bonchev–Trinajstić information content (AvgIpc) is 2.54. The molecule has 2 aromatic rings. The lowest BCUT2D eigenvalue weighted by atomic mass is 10.2. The first-order valence-corrected chi connectivity index (χ1v) is 10.6. The number of sulfonamides is 1. The fourth-order valence-corrected chi connectivity index (χ4v) is 3.56. The highest BCUT2D eigenvalue weighted by Crippen LogP contribution is 2.30. The number of anilines is 2. The molecule has 2 aromatic carbocycles. The van der Waals surface area contributed by atoms with Crippen molar-refractivity contribution in [3.8, 4) is 5.75 Å². The Labute approximate surface area is 161 Å². The van der Waals surface area contributed by atoms with Gasteiger partial charge in [0.05, 0.1) is 18.0 Å². The number of benzene rings is 2. The van der Waals surface area contributed by atoms with E-state index in [1.165, 1.54) is 4.31 Å². The number of hydrogen-bond acceptors (Lipinski definition) is 4. The molecule has 0 aliphatic rings. The van der Waals surface area contributed by atoms with Crippen molar-refractivity contribution in [3.05, 3.63) is 54.1 Å². The first-order chi connectivity index (χ1) is 12.7. The van der Waals surface area contributed by atoms with Crippen LogP contribution < -0.4 is 14.4 Å². The van der Waals surface area contributed by atoms with Gasteiger partial charge in [0.15, 0.2) is 0 Å². The van der Waals surface area contributed by atoms with Gasteiger partial charge in [0.1, 0.15) is 5.75 Å². The van der Waals surface area contributed by atoms with Crippen LogP contribution in [0.5, 0.6) is 5.75 Å². The summed E-state index contributed by atoms with van der Waals surface area (Å²) in [4.78, 5) is 12.3. The zero-order chi connectivity index (χ0) is 20.0. The van der Waals surface area contributed by atoms with Crippen LogP contribution in [0.2, 0.25) is 0 Å². The molecular formula is C20H26N2O4S. The van der Waals surface area contributed by atoms with E-state index < -0.39 is 10.0 Å². The molecule has 0 saturated heterocycles. The second-order valence-corrected chi connectivity index (χ2v) is 8.54. The Morgan fingerprint density at radius 3 is 2.48 bits per heavy atom. The van der Waals surface area contributed by atoms with Gasteiger partial charge in [-0.05, 0) is 50.6 Å². The number of hydrogen-bond donors (Lipinski definition) is 1. The molecule has 0 aliphatic carbocycles. The van der Waals surface area contributed by atoms with Crippen LogP contribution in [0, 0.1) is 6.92 Å². The Kier molecular flexibility index (Phi) is 6.85. The molecule has 0 unspecified atom stereocenters. The van der Waals surface area contributed by atoms with Crippen molar-refractivity contribution in [2.75, 3.05) is 22.4 Å². The third-order valence-electron chi connectivity index (χ3n) is 3.74. The summed E-state index contributed by atoms with van der Waals surface area (Å²) < 4.78 is 31.6. The molecule has 0 saturated carbocycles. The van der Waals surface area contributed by atoms with Gasteiger partial charge in [-0.25, -0.2) is 8.42 Å². The molecule has 0 fully saturated rings. The molecule has 1 N–H and O–H groups in total. The molecule has 2 rings (SSSR count). The SMILES string of the molecule is Cc1cccc(NC(=O)CCN(c2ccccc2OC(C)C)S(C)(=O)=O)c1. The van der Waals surface area contributed by atoms with Crippen LogP contribution >= 0.6 is 0 Å². The zero-order valence-electron chi connectivity index (χ0n) is 16.1. The molecule has 1 amide bonds. The van der Waals surface area contributed by atoms with Crippen LogP contribution in [0.4, 0.5) is 11.4 Å². The highest BCUT2D eigenvalue weighted by molar-refractivity contribution is 7.92. The van der Waals surface area contributed by atoms with Crippen LogP contribution in [-0.4, -0.2) is 33.2 Å². The normalized spacial score (nSPS) is 11.3. The van der Waals surface area contributed by atoms with Crippen LogP contribution in [-0.2, 0) is 14.8 Å².